The van der Waals surface area contributed by atoms with Crippen LogP contribution >= 0.6 is 0 Å². The molecule has 1 spiro atoms. The summed E-state index contributed by atoms with van der Waals surface area (Å²) in [4.78, 5) is 190. The highest BCUT2D eigenvalue weighted by atomic mass is 19.4. The zero-order valence-electron chi connectivity index (χ0n) is 62.6. The number of halogens is 4. The molecule has 572 valence electrons. The number of aryl methyl sites for hydroxylation is 1. The molecule has 29 heteroatoms. The number of hydrogen-bond acceptors (Lipinski definition) is 13. The Morgan fingerprint density at radius 1 is 0.637 bits per heavy atom. The second-order valence-corrected chi connectivity index (χ2v) is 30.1. The molecule has 3 N–H and O–H groups in total. The van der Waals surface area contributed by atoms with Crippen molar-refractivity contribution in [2.75, 3.05) is 95.2 Å². The van der Waals surface area contributed by atoms with Gasteiger partial charge in [0.1, 0.15) is 53.6 Å². The minimum atomic E-state index is -5.02. The van der Waals surface area contributed by atoms with Gasteiger partial charge < -0.3 is 64.8 Å². The number of ether oxygens (including phenoxy) is 1. The van der Waals surface area contributed by atoms with Gasteiger partial charge in [0.05, 0.1) is 37.7 Å². The van der Waals surface area contributed by atoms with Crippen molar-refractivity contribution in [3.8, 4) is 0 Å². The summed E-state index contributed by atoms with van der Waals surface area (Å²) in [5, 5.41) is 8.61. The Kier molecular flexibility index (Phi) is 30.5. The SMILES string of the molecule is CCO[C@H]1C[C@H]2C(=O)NC3(CCCC3)C(=O)N(C)[C@@H](CC(C)C)C(=O)N(C)[C@H](C(=O)N3CCCCC3)CC(=O)N(C)[C@@H](CC(C)C)C(=O)N[C@@H]([C@@H](C)CC)C(=O)N(C)CC(=O)N(C)CC(=O)N(C)[C@@H](CC3CCCCC3)C(=O)N(C)CC(=O)N[C@@H](CCc3ccc(C(F)(F)F)c(F)c3)C(=O)N2C1. The molecular formula is C73H114F4N12O13. The molecule has 3 aliphatic heterocycles. The molecule has 0 aromatic heterocycles. The van der Waals surface area contributed by atoms with Gasteiger partial charge in [-0.1, -0.05) is 99.0 Å². The summed E-state index contributed by atoms with van der Waals surface area (Å²) in [6.45, 7) is 11.5. The Morgan fingerprint density at radius 2 is 1.23 bits per heavy atom. The molecule has 0 unspecified atom stereocenters. The molecule has 0 radical (unpaired) electrons. The van der Waals surface area contributed by atoms with Gasteiger partial charge >= 0.3 is 6.18 Å². The lowest BCUT2D eigenvalue weighted by Gasteiger charge is -2.41. The van der Waals surface area contributed by atoms with E-state index in [0.717, 1.165) is 59.3 Å². The van der Waals surface area contributed by atoms with Crippen LogP contribution in [0.4, 0.5) is 17.6 Å². The zero-order chi connectivity index (χ0) is 75.8. The number of likely N-dealkylation sites (tertiary alicyclic amines) is 1. The van der Waals surface area contributed by atoms with Crippen LogP contribution in [0.15, 0.2) is 18.2 Å². The van der Waals surface area contributed by atoms with Crippen molar-refractivity contribution in [3.05, 3.63) is 35.1 Å². The van der Waals surface area contributed by atoms with Gasteiger partial charge in [-0.05, 0) is 112 Å². The third-order valence-electron chi connectivity index (χ3n) is 21.4. The highest BCUT2D eigenvalue weighted by Gasteiger charge is 2.51. The van der Waals surface area contributed by atoms with Crippen molar-refractivity contribution in [3.63, 3.8) is 0 Å². The fraction of sp³-hybridized carbons (Fsp3) is 0.753. The molecule has 102 heavy (non-hydrogen) atoms. The summed E-state index contributed by atoms with van der Waals surface area (Å²) in [5.74, 6) is -10.9. The number of nitrogens with one attached hydrogen (secondary N) is 3. The summed E-state index contributed by atoms with van der Waals surface area (Å²) < 4.78 is 62.5. The van der Waals surface area contributed by atoms with Crippen LogP contribution in [0.3, 0.4) is 0 Å². The van der Waals surface area contributed by atoms with Crippen LogP contribution in [0.2, 0.25) is 0 Å². The van der Waals surface area contributed by atoms with Crippen molar-refractivity contribution in [1.82, 2.24) is 60.0 Å². The highest BCUT2D eigenvalue weighted by molar-refractivity contribution is 6.00. The zero-order valence-corrected chi connectivity index (χ0v) is 62.6. The number of amides is 12. The first-order valence-corrected chi connectivity index (χ1v) is 36.7. The summed E-state index contributed by atoms with van der Waals surface area (Å²) in [6.07, 6.45) is 1.21. The predicted octanol–water partition coefficient (Wildman–Crippen LogP) is 5.39. The van der Waals surface area contributed by atoms with Crippen molar-refractivity contribution in [1.29, 1.82) is 0 Å². The second-order valence-electron chi connectivity index (χ2n) is 30.1. The number of carbonyl (C=O) groups excluding carboxylic acids is 12. The third-order valence-corrected chi connectivity index (χ3v) is 21.4. The Morgan fingerprint density at radius 3 is 1.81 bits per heavy atom. The maximum Gasteiger partial charge on any atom is 0.419 e. The number of alkyl halides is 3. The van der Waals surface area contributed by atoms with Gasteiger partial charge in [0, 0.05) is 82.0 Å². The average molecular weight is 1440 g/mol. The molecule has 5 fully saturated rings. The van der Waals surface area contributed by atoms with E-state index in [0.29, 0.717) is 57.3 Å². The first-order chi connectivity index (χ1) is 47.9. The van der Waals surface area contributed by atoms with E-state index in [1.165, 1.54) is 73.8 Å². The lowest BCUT2D eigenvalue weighted by molar-refractivity contribution is -0.155. The van der Waals surface area contributed by atoms with Gasteiger partial charge in [-0.15, -0.1) is 0 Å². The Labute approximate surface area is 599 Å². The molecule has 0 bridgehead atoms. The van der Waals surface area contributed by atoms with Gasteiger partial charge in [0.25, 0.3) is 0 Å². The van der Waals surface area contributed by atoms with E-state index >= 15 is 33.2 Å². The Bertz CT molecular complexity index is 3140. The van der Waals surface area contributed by atoms with E-state index in [1.54, 1.807) is 18.7 Å². The van der Waals surface area contributed by atoms with E-state index in [-0.39, 0.29) is 87.8 Å². The molecule has 1 aromatic rings. The van der Waals surface area contributed by atoms with Crippen LogP contribution < -0.4 is 16.0 Å². The summed E-state index contributed by atoms with van der Waals surface area (Å²) >= 11 is 0. The number of benzene rings is 1. The molecule has 12 amide bonds. The lowest BCUT2D eigenvalue weighted by atomic mass is 9.84. The Hall–Kier alpha value is -7.46. The molecule has 1 aromatic carbocycles. The van der Waals surface area contributed by atoms with Crippen molar-refractivity contribution in [2.45, 2.75) is 237 Å². The number of rotatable bonds is 14. The largest absolute Gasteiger partial charge is 0.419 e. The predicted molar refractivity (Wildman–Crippen MR) is 372 cm³/mol. The van der Waals surface area contributed by atoms with E-state index in [2.05, 4.69) is 16.0 Å². The first-order valence-electron chi connectivity index (χ1n) is 36.7. The monoisotopic (exact) mass is 1440 g/mol. The van der Waals surface area contributed by atoms with Gasteiger partial charge in [-0.25, -0.2) is 4.39 Å². The number of hydrogen-bond donors (Lipinski definition) is 3. The average Bonchev–Trinajstić information content (AvgIpc) is 1.48. The fourth-order valence-electron chi connectivity index (χ4n) is 15.0. The minimum Gasteiger partial charge on any atom is -0.377 e. The van der Waals surface area contributed by atoms with Crippen LogP contribution in [-0.4, -0.2) is 264 Å². The standard InChI is InChI=1S/C73H114F4N12O13/c1-15-47(7)63-70(100)83(10)43-61(92)81(8)44-62(93)85(12)57(38-48-25-19-17-20-26-48)67(97)82(9)42-59(90)78-53(30-28-49-27-29-51(52(74)37-49)73(75,76)77)66(96)89-41-50(102-16-2)39-55(89)65(95)80-72(31-21-22-32-72)71(101)87(14)56(36-46(5)6)68(98)86(13)58(69(99)88-33-23-18-24-34-88)40-60(91)84(11)54(35-45(3)4)64(94)79-63/h27,29,37,45-48,50,53-58,63H,15-26,28,30-36,38-44H2,1-14H3,(H,78,90)(H,79,94)(H,80,95)/t47-,50-,53-,54-,55-,56-,57-,58-,63-/m0/s1. The van der Waals surface area contributed by atoms with Crippen LogP contribution in [0.5, 0.6) is 0 Å². The Balaban J connectivity index is 1.46. The first kappa shape index (κ1) is 83.5. The van der Waals surface area contributed by atoms with Gasteiger partial charge in [0.2, 0.25) is 70.9 Å². The van der Waals surface area contributed by atoms with Crippen molar-refractivity contribution < 1.29 is 79.8 Å². The number of likely N-dealkylation sites (N-methyl/N-ethyl adjacent to an activating group) is 7. The number of nitrogens with zero attached hydrogens (tertiary/aromatic N) is 9. The van der Waals surface area contributed by atoms with Crippen LogP contribution in [0, 0.1) is 29.5 Å². The quantitative estimate of drug-likeness (QED) is 0.197. The fourth-order valence-corrected chi connectivity index (χ4v) is 15.0. The molecule has 5 aliphatic rings. The lowest BCUT2D eigenvalue weighted by Crippen LogP contribution is -2.64. The molecule has 9 atom stereocenters. The molecule has 2 saturated carbocycles. The van der Waals surface area contributed by atoms with Crippen molar-refractivity contribution >= 4 is 70.9 Å². The van der Waals surface area contributed by atoms with Crippen LogP contribution in [0.1, 0.15) is 182 Å². The topological polar surface area (TPSA) is 279 Å². The number of fused-ring (bicyclic) bond motifs is 1. The number of piperidine rings is 1. The third kappa shape index (κ3) is 21.6. The van der Waals surface area contributed by atoms with Gasteiger partial charge in [0.15, 0.2) is 0 Å². The molecule has 2 aliphatic carbocycles. The molecule has 3 saturated heterocycles. The number of carbonyl (C=O) groups is 12. The molecule has 6 rings (SSSR count). The van der Waals surface area contributed by atoms with Gasteiger partial charge in [-0.2, -0.15) is 13.2 Å². The molecule has 3 heterocycles. The summed E-state index contributed by atoms with van der Waals surface area (Å²) in [7, 11) is 9.76. The maximum atomic E-state index is 15.6. The van der Waals surface area contributed by atoms with Crippen molar-refractivity contribution in [2.24, 2.45) is 23.7 Å². The van der Waals surface area contributed by atoms with Gasteiger partial charge in [-0.3, -0.25) is 57.5 Å². The highest BCUT2D eigenvalue weighted by Crippen LogP contribution is 2.36. The van der Waals surface area contributed by atoms with E-state index in [1.807, 2.05) is 34.6 Å². The smallest absolute Gasteiger partial charge is 0.377 e. The van der Waals surface area contributed by atoms with E-state index < -0.39 is 174 Å². The normalized spacial score (nSPS) is 26.4. The van der Waals surface area contributed by atoms with E-state index in [9.17, 15) is 41.9 Å². The second kappa shape index (κ2) is 37.3. The van der Waals surface area contributed by atoms with Crippen LogP contribution in [-0.2, 0) is 74.9 Å². The van der Waals surface area contributed by atoms with Crippen LogP contribution in [0.25, 0.3) is 0 Å². The summed E-state index contributed by atoms with van der Waals surface area (Å²) in [6, 6.07) is -6.95. The minimum absolute atomic E-state index is 0.0124. The molecule has 25 nitrogen and oxygen atoms in total. The maximum absolute atomic E-state index is 15.6. The molecular weight excluding hydrogens is 1330 g/mol. The van der Waals surface area contributed by atoms with E-state index in [4.69, 9.17) is 4.74 Å². The summed E-state index contributed by atoms with van der Waals surface area (Å²) in [5.41, 5.74) is -3.14.